The summed E-state index contributed by atoms with van der Waals surface area (Å²) in [6, 6.07) is 12.2. The van der Waals surface area contributed by atoms with Gasteiger partial charge < -0.3 is 18.6 Å². The van der Waals surface area contributed by atoms with Gasteiger partial charge in [-0.1, -0.05) is 29.8 Å². The molecule has 2 aromatic carbocycles. The summed E-state index contributed by atoms with van der Waals surface area (Å²) in [6.07, 6.45) is 2.72. The largest absolute Gasteiger partial charge is 0.491 e. The molecular weight excluding hydrogens is 396 g/mol. The fourth-order valence-corrected chi connectivity index (χ4v) is 2.98. The Morgan fingerprint density at radius 3 is 2.69 bits per heavy atom. The molecule has 3 aromatic rings. The van der Waals surface area contributed by atoms with Crippen LogP contribution in [0.3, 0.4) is 0 Å². The molecule has 0 bridgehead atoms. The summed E-state index contributed by atoms with van der Waals surface area (Å²) >= 11 is 6.18. The maximum Gasteiger partial charge on any atom is 0.331 e. The van der Waals surface area contributed by atoms with Crippen molar-refractivity contribution in [3.63, 3.8) is 0 Å². The van der Waals surface area contributed by atoms with E-state index in [0.29, 0.717) is 34.3 Å². The molecule has 150 valence electrons. The Morgan fingerprint density at radius 1 is 1.17 bits per heavy atom. The van der Waals surface area contributed by atoms with Crippen molar-refractivity contribution in [2.24, 2.45) is 0 Å². The number of esters is 1. The molecule has 0 amide bonds. The molecule has 0 N–H and O–H groups in total. The Hall–Kier alpha value is -3.25. The lowest BCUT2D eigenvalue weighted by Gasteiger charge is -2.11. The average molecular weight is 415 g/mol. The van der Waals surface area contributed by atoms with Crippen LogP contribution in [0.15, 0.2) is 53.0 Å². The summed E-state index contributed by atoms with van der Waals surface area (Å²) in [5, 5.41) is 1.16. The second kappa shape index (κ2) is 9.30. The number of hydrogen-bond donors (Lipinski definition) is 0. The first kappa shape index (κ1) is 20.5. The van der Waals surface area contributed by atoms with Gasteiger partial charge in [-0.25, -0.2) is 4.79 Å². The van der Waals surface area contributed by atoms with Gasteiger partial charge in [0.1, 0.15) is 5.58 Å². The molecule has 0 saturated heterocycles. The van der Waals surface area contributed by atoms with Crippen molar-refractivity contribution in [3.8, 4) is 11.5 Å². The number of para-hydroxylation sites is 1. The fraction of sp³-hybridized carbons (Fsp3) is 0.182. The van der Waals surface area contributed by atoms with E-state index in [2.05, 4.69) is 0 Å². The molecule has 0 atom stereocenters. The van der Waals surface area contributed by atoms with Crippen LogP contribution in [0.1, 0.15) is 23.0 Å². The Bertz CT molecular complexity index is 1030. The van der Waals surface area contributed by atoms with Crippen LogP contribution >= 0.6 is 11.6 Å². The monoisotopic (exact) mass is 414 g/mol. The molecule has 6 nitrogen and oxygen atoms in total. The number of ether oxygens (including phenoxy) is 3. The Morgan fingerprint density at radius 2 is 1.97 bits per heavy atom. The van der Waals surface area contributed by atoms with Gasteiger partial charge in [0.2, 0.25) is 5.78 Å². The first-order valence-electron chi connectivity index (χ1n) is 8.88. The fourth-order valence-electron chi connectivity index (χ4n) is 2.68. The molecule has 0 aliphatic carbocycles. The van der Waals surface area contributed by atoms with Gasteiger partial charge >= 0.3 is 5.97 Å². The van der Waals surface area contributed by atoms with Crippen LogP contribution in [0.5, 0.6) is 11.5 Å². The number of Topliss-reactive ketones (excluding diaryl/α,β-unsaturated/α-hetero) is 1. The molecule has 0 saturated carbocycles. The third-order valence-corrected chi connectivity index (χ3v) is 4.27. The first-order valence-corrected chi connectivity index (χ1v) is 9.26. The zero-order valence-corrected chi connectivity index (χ0v) is 16.7. The van der Waals surface area contributed by atoms with Crippen molar-refractivity contribution in [2.75, 3.05) is 20.3 Å². The molecule has 1 heterocycles. The molecule has 0 aliphatic rings. The lowest BCUT2D eigenvalue weighted by Crippen LogP contribution is -2.11. The van der Waals surface area contributed by atoms with Gasteiger partial charge in [0, 0.05) is 11.5 Å². The van der Waals surface area contributed by atoms with Gasteiger partial charge in [-0.2, -0.15) is 0 Å². The van der Waals surface area contributed by atoms with Crippen molar-refractivity contribution in [1.82, 2.24) is 0 Å². The third kappa shape index (κ3) is 4.97. The van der Waals surface area contributed by atoms with Crippen LogP contribution in [0.4, 0.5) is 0 Å². The van der Waals surface area contributed by atoms with E-state index in [9.17, 15) is 9.59 Å². The standard InChI is InChI=1S/C22H19ClO6/c1-3-27-20-11-14(10-16(23)22(20)26-2)8-9-21(25)28-13-17(24)19-12-15-6-4-5-7-18(15)29-19/h4-12H,3,13H2,1-2H3/b9-8+. The van der Waals surface area contributed by atoms with Gasteiger partial charge in [0.05, 0.1) is 18.7 Å². The van der Waals surface area contributed by atoms with E-state index in [1.807, 2.05) is 25.1 Å². The molecule has 3 rings (SSSR count). The van der Waals surface area contributed by atoms with Gasteiger partial charge in [-0.05, 0) is 42.8 Å². The van der Waals surface area contributed by atoms with Crippen molar-refractivity contribution < 1.29 is 28.2 Å². The number of furan rings is 1. The Labute approximate surface area is 172 Å². The zero-order chi connectivity index (χ0) is 20.8. The highest BCUT2D eigenvalue weighted by Crippen LogP contribution is 2.36. The number of carbonyl (C=O) groups is 2. The normalized spacial score (nSPS) is 11.0. The van der Waals surface area contributed by atoms with Crippen LogP contribution in [0, 0.1) is 0 Å². The van der Waals surface area contributed by atoms with Gasteiger partial charge in [0.15, 0.2) is 23.9 Å². The topological polar surface area (TPSA) is 75.0 Å². The predicted octanol–water partition coefficient (Wildman–Crippen LogP) is 4.93. The number of benzene rings is 2. The number of hydrogen-bond acceptors (Lipinski definition) is 6. The summed E-state index contributed by atoms with van der Waals surface area (Å²) in [4.78, 5) is 24.1. The van der Waals surface area contributed by atoms with Crippen LogP contribution in [0.2, 0.25) is 5.02 Å². The molecule has 29 heavy (non-hydrogen) atoms. The van der Waals surface area contributed by atoms with Crippen LogP contribution < -0.4 is 9.47 Å². The van der Waals surface area contributed by atoms with Crippen molar-refractivity contribution in [1.29, 1.82) is 0 Å². The molecular formula is C22H19ClO6. The Balaban J connectivity index is 1.62. The van der Waals surface area contributed by atoms with E-state index < -0.39 is 18.4 Å². The quantitative estimate of drug-likeness (QED) is 0.295. The minimum absolute atomic E-state index is 0.145. The number of methoxy groups -OCH3 is 1. The molecule has 7 heteroatoms. The zero-order valence-electron chi connectivity index (χ0n) is 15.9. The SMILES string of the molecule is CCOc1cc(/C=C/C(=O)OCC(=O)c2cc3ccccc3o2)cc(Cl)c1OC. The number of ketones is 1. The van der Waals surface area contributed by atoms with Gasteiger partial charge in [-0.3, -0.25) is 4.79 Å². The van der Waals surface area contributed by atoms with Gasteiger partial charge in [-0.15, -0.1) is 0 Å². The minimum atomic E-state index is -0.667. The number of rotatable bonds is 8. The molecule has 0 unspecified atom stereocenters. The first-order chi connectivity index (χ1) is 14.0. The van der Waals surface area contributed by atoms with Crippen molar-refractivity contribution in [2.45, 2.75) is 6.92 Å². The predicted molar refractivity (Wildman–Crippen MR) is 110 cm³/mol. The van der Waals surface area contributed by atoms with E-state index >= 15 is 0 Å². The van der Waals surface area contributed by atoms with Crippen LogP contribution in [-0.4, -0.2) is 32.1 Å². The number of halogens is 1. The highest BCUT2D eigenvalue weighted by molar-refractivity contribution is 6.32. The number of fused-ring (bicyclic) bond motifs is 1. The molecule has 0 spiro atoms. The smallest absolute Gasteiger partial charge is 0.331 e. The summed E-state index contributed by atoms with van der Waals surface area (Å²) in [7, 11) is 1.50. The minimum Gasteiger partial charge on any atom is -0.491 e. The second-order valence-corrected chi connectivity index (χ2v) is 6.39. The van der Waals surface area contributed by atoms with Crippen LogP contribution in [-0.2, 0) is 9.53 Å². The van der Waals surface area contributed by atoms with Crippen LogP contribution in [0.25, 0.3) is 17.0 Å². The van der Waals surface area contributed by atoms with E-state index in [4.69, 9.17) is 30.2 Å². The lowest BCUT2D eigenvalue weighted by molar-refractivity contribution is -0.136. The Kier molecular flexibility index (Phi) is 6.57. The molecule has 0 radical (unpaired) electrons. The molecule has 0 fully saturated rings. The molecule has 1 aromatic heterocycles. The average Bonchev–Trinajstić information content (AvgIpc) is 3.15. The summed E-state index contributed by atoms with van der Waals surface area (Å²) in [5.41, 5.74) is 1.23. The highest BCUT2D eigenvalue weighted by Gasteiger charge is 2.14. The summed E-state index contributed by atoms with van der Waals surface area (Å²) in [5.74, 6) is -0.0556. The van der Waals surface area contributed by atoms with E-state index in [0.717, 1.165) is 5.39 Å². The lowest BCUT2D eigenvalue weighted by atomic mass is 10.2. The van der Waals surface area contributed by atoms with E-state index in [1.165, 1.54) is 19.3 Å². The van der Waals surface area contributed by atoms with Crippen molar-refractivity contribution in [3.05, 3.63) is 64.9 Å². The molecule has 0 aliphatic heterocycles. The van der Waals surface area contributed by atoms with E-state index in [-0.39, 0.29) is 5.76 Å². The second-order valence-electron chi connectivity index (χ2n) is 5.98. The number of carbonyl (C=O) groups excluding carboxylic acids is 2. The van der Waals surface area contributed by atoms with E-state index in [1.54, 1.807) is 24.3 Å². The third-order valence-electron chi connectivity index (χ3n) is 3.99. The van der Waals surface area contributed by atoms with Gasteiger partial charge in [0.25, 0.3) is 0 Å². The summed E-state index contributed by atoms with van der Waals surface area (Å²) in [6.45, 7) is 1.86. The summed E-state index contributed by atoms with van der Waals surface area (Å²) < 4.78 is 21.2. The highest BCUT2D eigenvalue weighted by atomic mass is 35.5. The maximum atomic E-state index is 12.2. The maximum absolute atomic E-state index is 12.2. The van der Waals surface area contributed by atoms with Crippen molar-refractivity contribution >= 4 is 40.4 Å².